The summed E-state index contributed by atoms with van der Waals surface area (Å²) in [6.45, 7) is 0. The molecule has 0 fully saturated rings. The molecule has 3 aromatic rings. The van der Waals surface area contributed by atoms with Crippen molar-refractivity contribution in [1.82, 2.24) is 10.7 Å². The first-order valence-electron chi connectivity index (χ1n) is 8.68. The van der Waals surface area contributed by atoms with Gasteiger partial charge in [-0.1, -0.05) is 42.5 Å². The third kappa shape index (κ3) is 5.54. The van der Waals surface area contributed by atoms with Crippen molar-refractivity contribution < 1.29 is 14.3 Å². The highest BCUT2D eigenvalue weighted by atomic mass is 79.9. The van der Waals surface area contributed by atoms with E-state index in [-0.39, 0.29) is 5.70 Å². The molecule has 0 unspecified atom stereocenters. The fourth-order valence-electron chi connectivity index (χ4n) is 2.47. The van der Waals surface area contributed by atoms with Crippen molar-refractivity contribution in [3.63, 3.8) is 0 Å². The lowest BCUT2D eigenvalue weighted by Crippen LogP contribution is -2.38. The molecule has 6 nitrogen and oxygen atoms in total. The summed E-state index contributed by atoms with van der Waals surface area (Å²) in [7, 11) is 0. The first-order chi connectivity index (χ1) is 14.1. The highest BCUT2D eigenvalue weighted by Gasteiger charge is 2.13. The second-order valence-corrected chi connectivity index (χ2v) is 6.81. The van der Waals surface area contributed by atoms with Gasteiger partial charge in [-0.3, -0.25) is 15.0 Å². The van der Waals surface area contributed by atoms with Gasteiger partial charge in [0.1, 0.15) is 17.2 Å². The predicted molar refractivity (Wildman–Crippen MR) is 115 cm³/mol. The van der Waals surface area contributed by atoms with E-state index in [1.165, 1.54) is 6.08 Å². The van der Waals surface area contributed by atoms with E-state index < -0.39 is 11.8 Å². The number of para-hydroxylation sites is 1. The van der Waals surface area contributed by atoms with Crippen LogP contribution >= 0.6 is 15.9 Å². The first-order valence-corrected chi connectivity index (χ1v) is 9.47. The van der Waals surface area contributed by atoms with Crippen molar-refractivity contribution in [2.75, 3.05) is 0 Å². The van der Waals surface area contributed by atoms with E-state index in [1.54, 1.807) is 54.6 Å². The summed E-state index contributed by atoms with van der Waals surface area (Å²) in [6, 6.07) is 23.2. The van der Waals surface area contributed by atoms with Crippen LogP contribution in [0.2, 0.25) is 0 Å². The van der Waals surface area contributed by atoms with Gasteiger partial charge < -0.3 is 10.1 Å². The fraction of sp³-hybridized carbons (Fsp3) is 0. The van der Waals surface area contributed by atoms with Gasteiger partial charge in [0.25, 0.3) is 11.8 Å². The smallest absolute Gasteiger partial charge is 0.281 e. The Balaban J connectivity index is 1.78. The number of carbonyl (C=O) groups is 2. The zero-order valence-corrected chi connectivity index (χ0v) is 16.8. The number of amides is 2. The molecule has 3 aromatic carbocycles. The lowest BCUT2D eigenvalue weighted by Gasteiger charge is -2.10. The summed E-state index contributed by atoms with van der Waals surface area (Å²) in [5, 5.41) is 2.59. The van der Waals surface area contributed by atoms with Gasteiger partial charge in [-0.2, -0.15) is 0 Å². The molecule has 0 aliphatic carbocycles. The lowest BCUT2D eigenvalue weighted by atomic mass is 10.1. The number of hydrogen-bond donors (Lipinski definition) is 3. The Hall–Kier alpha value is -3.42. The number of ether oxygens (including phenoxy) is 1. The maximum absolute atomic E-state index is 12.4. The molecule has 0 aromatic heterocycles. The molecule has 0 saturated carbocycles. The van der Waals surface area contributed by atoms with Gasteiger partial charge in [0.2, 0.25) is 0 Å². The van der Waals surface area contributed by atoms with Crippen molar-refractivity contribution in [3.05, 3.63) is 100 Å². The number of halogens is 1. The van der Waals surface area contributed by atoms with Crippen LogP contribution in [-0.4, -0.2) is 11.8 Å². The van der Waals surface area contributed by atoms with E-state index in [2.05, 4.69) is 21.2 Å². The van der Waals surface area contributed by atoms with Crippen LogP contribution in [0.1, 0.15) is 15.9 Å². The summed E-state index contributed by atoms with van der Waals surface area (Å²) in [5.74, 6) is 5.55. The molecule has 29 heavy (non-hydrogen) atoms. The summed E-state index contributed by atoms with van der Waals surface area (Å²) in [6.07, 6.45) is 1.53. The molecule has 2 amide bonds. The minimum Gasteiger partial charge on any atom is -0.456 e. The monoisotopic (exact) mass is 451 g/mol. The number of nitrogens with one attached hydrogen (secondary N) is 2. The van der Waals surface area contributed by atoms with Gasteiger partial charge in [0.05, 0.1) is 4.47 Å². The molecule has 0 aliphatic heterocycles. The van der Waals surface area contributed by atoms with E-state index in [1.807, 2.05) is 29.7 Å². The van der Waals surface area contributed by atoms with Gasteiger partial charge in [-0.15, -0.1) is 0 Å². The van der Waals surface area contributed by atoms with Crippen LogP contribution in [0, 0.1) is 0 Å². The van der Waals surface area contributed by atoms with Crippen molar-refractivity contribution in [2.24, 2.45) is 5.84 Å². The molecule has 0 heterocycles. The van der Waals surface area contributed by atoms with Crippen LogP contribution in [0.15, 0.2) is 89.0 Å². The molecular weight excluding hydrogens is 434 g/mol. The molecule has 0 saturated heterocycles. The minimum absolute atomic E-state index is 0.0285. The van der Waals surface area contributed by atoms with Crippen LogP contribution in [0.3, 0.4) is 0 Å². The SMILES string of the molecule is NNC(=O)/C(=C\c1ccc(Oc2ccccc2Br)cc1)NC(=O)c1ccccc1. The van der Waals surface area contributed by atoms with Crippen molar-refractivity contribution >= 4 is 33.8 Å². The average molecular weight is 452 g/mol. The molecule has 146 valence electrons. The van der Waals surface area contributed by atoms with E-state index in [9.17, 15) is 9.59 Å². The Kier molecular flexibility index (Phi) is 6.78. The third-order valence-corrected chi connectivity index (χ3v) is 4.57. The molecule has 0 atom stereocenters. The second kappa shape index (κ2) is 9.68. The fourth-order valence-corrected chi connectivity index (χ4v) is 2.84. The first kappa shape index (κ1) is 20.3. The molecule has 3 rings (SSSR count). The standard InChI is InChI=1S/C22H18BrN3O3/c23-18-8-4-5-9-20(18)29-17-12-10-15(11-13-17)14-19(22(28)26-24)25-21(27)16-6-2-1-3-7-16/h1-14H,24H2,(H,25,27)(H,26,28)/b19-14+. The van der Waals surface area contributed by atoms with Gasteiger partial charge in [-0.25, -0.2) is 5.84 Å². The number of hydrogen-bond acceptors (Lipinski definition) is 4. The zero-order chi connectivity index (χ0) is 20.6. The van der Waals surface area contributed by atoms with Crippen molar-refractivity contribution in [3.8, 4) is 11.5 Å². The van der Waals surface area contributed by atoms with Crippen molar-refractivity contribution in [1.29, 1.82) is 0 Å². The zero-order valence-electron chi connectivity index (χ0n) is 15.3. The van der Waals surface area contributed by atoms with Crippen LogP contribution < -0.4 is 21.3 Å². The lowest BCUT2D eigenvalue weighted by molar-refractivity contribution is -0.117. The highest BCUT2D eigenvalue weighted by Crippen LogP contribution is 2.29. The van der Waals surface area contributed by atoms with Crippen LogP contribution in [0.4, 0.5) is 0 Å². The van der Waals surface area contributed by atoms with E-state index in [0.717, 1.165) is 4.47 Å². The van der Waals surface area contributed by atoms with E-state index in [4.69, 9.17) is 10.6 Å². The Labute approximate surface area is 176 Å². The molecule has 0 bridgehead atoms. The molecule has 7 heteroatoms. The summed E-state index contributed by atoms with van der Waals surface area (Å²) in [5.41, 5.74) is 3.19. The minimum atomic E-state index is -0.608. The number of rotatable bonds is 6. The number of hydrazine groups is 1. The molecule has 0 aliphatic rings. The Morgan fingerprint density at radius 1 is 0.897 bits per heavy atom. The number of nitrogens with two attached hydrogens (primary N) is 1. The van der Waals surface area contributed by atoms with Crippen molar-refractivity contribution in [2.45, 2.75) is 0 Å². The summed E-state index contributed by atoms with van der Waals surface area (Å²) < 4.78 is 6.67. The summed E-state index contributed by atoms with van der Waals surface area (Å²) in [4.78, 5) is 24.4. The normalized spacial score (nSPS) is 10.9. The maximum Gasteiger partial charge on any atom is 0.281 e. The van der Waals surface area contributed by atoms with Gasteiger partial charge >= 0.3 is 0 Å². The average Bonchev–Trinajstić information content (AvgIpc) is 2.76. The van der Waals surface area contributed by atoms with Crippen LogP contribution in [-0.2, 0) is 4.79 Å². The second-order valence-electron chi connectivity index (χ2n) is 5.95. The maximum atomic E-state index is 12.4. The Bertz CT molecular complexity index is 1030. The molecule has 0 spiro atoms. The molecular formula is C22H18BrN3O3. The predicted octanol–water partition coefficient (Wildman–Crippen LogP) is 4.00. The highest BCUT2D eigenvalue weighted by molar-refractivity contribution is 9.10. The van der Waals surface area contributed by atoms with E-state index in [0.29, 0.717) is 22.6 Å². The van der Waals surface area contributed by atoms with Gasteiger partial charge in [0.15, 0.2) is 0 Å². The molecule has 0 radical (unpaired) electrons. The third-order valence-electron chi connectivity index (χ3n) is 3.92. The summed E-state index contributed by atoms with van der Waals surface area (Å²) >= 11 is 3.44. The Morgan fingerprint density at radius 3 is 2.21 bits per heavy atom. The van der Waals surface area contributed by atoms with Crippen LogP contribution in [0.25, 0.3) is 6.08 Å². The van der Waals surface area contributed by atoms with Crippen LogP contribution in [0.5, 0.6) is 11.5 Å². The van der Waals surface area contributed by atoms with Gasteiger partial charge in [0, 0.05) is 5.56 Å². The Morgan fingerprint density at radius 2 is 1.55 bits per heavy atom. The van der Waals surface area contributed by atoms with Gasteiger partial charge in [-0.05, 0) is 64.0 Å². The molecule has 4 N–H and O–H groups in total. The number of carbonyl (C=O) groups excluding carboxylic acids is 2. The van der Waals surface area contributed by atoms with E-state index >= 15 is 0 Å². The topological polar surface area (TPSA) is 93.4 Å². The quantitative estimate of drug-likeness (QED) is 0.228. The largest absolute Gasteiger partial charge is 0.456 e. The number of benzene rings is 3.